The third-order valence-electron chi connectivity index (χ3n) is 6.10. The third-order valence-corrected chi connectivity index (χ3v) is 7.85. The van der Waals surface area contributed by atoms with Crippen LogP contribution in [0.5, 0.6) is 0 Å². The molecule has 0 bridgehead atoms. The summed E-state index contributed by atoms with van der Waals surface area (Å²) in [7, 11) is 0. The van der Waals surface area contributed by atoms with Crippen molar-refractivity contribution in [3.63, 3.8) is 0 Å². The van der Waals surface area contributed by atoms with Crippen LogP contribution in [-0.2, 0) is 13.1 Å². The van der Waals surface area contributed by atoms with Crippen LogP contribution in [0.2, 0.25) is 10.0 Å². The molecular weight excluding hydrogens is 571 g/mol. The zero-order chi connectivity index (χ0) is 24.7. The second-order valence-electron chi connectivity index (χ2n) is 8.29. The number of amides is 2. The van der Waals surface area contributed by atoms with Crippen LogP contribution in [0.3, 0.4) is 0 Å². The summed E-state index contributed by atoms with van der Waals surface area (Å²) >= 11 is 21.1. The monoisotopic (exact) mass is 588 g/mol. The van der Waals surface area contributed by atoms with Crippen molar-refractivity contribution in [3.8, 4) is 0 Å². The number of benzene rings is 3. The number of hydrogen-bond donors (Lipinski definition) is 0. The number of imide groups is 1. The molecule has 0 saturated heterocycles. The molecule has 0 radical (unpaired) electrons. The molecule has 1 aliphatic rings. The van der Waals surface area contributed by atoms with Crippen molar-refractivity contribution in [2.75, 3.05) is 6.54 Å². The lowest BCUT2D eigenvalue weighted by molar-refractivity contribution is 0.0607. The van der Waals surface area contributed by atoms with E-state index in [1.54, 1.807) is 24.5 Å². The Kier molecular flexibility index (Phi) is 6.81. The van der Waals surface area contributed by atoms with E-state index in [-0.39, 0.29) is 11.8 Å². The zero-order valence-electron chi connectivity index (χ0n) is 18.4. The number of aromatic nitrogens is 3. The molecule has 3 aromatic carbocycles. The van der Waals surface area contributed by atoms with Crippen molar-refractivity contribution in [2.24, 2.45) is 0 Å². The number of rotatable bonds is 7. The first kappa shape index (κ1) is 24.2. The van der Waals surface area contributed by atoms with Crippen LogP contribution in [0.25, 0.3) is 10.8 Å². The fourth-order valence-electron chi connectivity index (χ4n) is 4.38. The van der Waals surface area contributed by atoms with Gasteiger partial charge >= 0.3 is 0 Å². The van der Waals surface area contributed by atoms with Crippen LogP contribution in [0.15, 0.2) is 59.3 Å². The van der Waals surface area contributed by atoms with Gasteiger partial charge in [-0.1, -0.05) is 57.3 Å². The van der Waals surface area contributed by atoms with Gasteiger partial charge in [-0.15, -0.1) is 0 Å². The van der Waals surface area contributed by atoms with Crippen molar-refractivity contribution in [2.45, 2.75) is 25.9 Å². The standard InChI is InChI=1S/C25H19BrCl2N4O2S/c26-19-8-7-18-22-16(19)4-3-5-17(22)23(33)31(24(18)34)10-1-2-11-32-25(35)29-14-30(32)13-15-6-9-20(27)21(28)12-15/h3-9,12,14H,1-2,10-11,13H2. The molecule has 1 aliphatic heterocycles. The summed E-state index contributed by atoms with van der Waals surface area (Å²) in [6.45, 7) is 1.48. The second kappa shape index (κ2) is 9.85. The fourth-order valence-corrected chi connectivity index (χ4v) is 5.40. The number of nitrogens with zero attached hydrogens (tertiary/aromatic N) is 4. The predicted molar refractivity (Wildman–Crippen MR) is 143 cm³/mol. The lowest BCUT2D eigenvalue weighted by Gasteiger charge is -2.27. The quantitative estimate of drug-likeness (QED) is 0.136. The minimum Gasteiger partial charge on any atom is -0.274 e. The van der Waals surface area contributed by atoms with Gasteiger partial charge in [-0.3, -0.25) is 23.9 Å². The van der Waals surface area contributed by atoms with Crippen LogP contribution < -0.4 is 0 Å². The van der Waals surface area contributed by atoms with Gasteiger partial charge in [0.2, 0.25) is 4.77 Å². The van der Waals surface area contributed by atoms with E-state index in [1.165, 1.54) is 4.90 Å². The molecule has 2 amide bonds. The van der Waals surface area contributed by atoms with E-state index < -0.39 is 0 Å². The Bertz CT molecular complexity index is 1530. The molecule has 0 aliphatic carbocycles. The first-order chi connectivity index (χ1) is 16.8. The summed E-state index contributed by atoms with van der Waals surface area (Å²) in [5.74, 6) is -0.514. The smallest absolute Gasteiger partial charge is 0.261 e. The SMILES string of the molecule is O=C1c2cccc3c(Br)ccc(c23)C(=O)N1CCCCn1c(=S)ncn1Cc1ccc(Cl)c(Cl)c1. The van der Waals surface area contributed by atoms with E-state index in [4.69, 9.17) is 35.4 Å². The van der Waals surface area contributed by atoms with Crippen molar-refractivity contribution in [3.05, 3.63) is 90.8 Å². The van der Waals surface area contributed by atoms with Crippen LogP contribution in [-0.4, -0.2) is 37.6 Å². The number of unbranched alkanes of at least 4 members (excludes halogenated alkanes) is 1. The predicted octanol–water partition coefficient (Wildman–Crippen LogP) is 6.76. The van der Waals surface area contributed by atoms with Gasteiger partial charge in [0.25, 0.3) is 11.8 Å². The van der Waals surface area contributed by atoms with Gasteiger partial charge in [-0.25, -0.2) is 4.98 Å². The largest absolute Gasteiger partial charge is 0.274 e. The molecule has 1 aromatic heterocycles. The first-order valence-electron chi connectivity index (χ1n) is 11.0. The second-order valence-corrected chi connectivity index (χ2v) is 10.3. The molecule has 0 atom stereocenters. The molecule has 0 fully saturated rings. The Hall–Kier alpha value is -2.52. The summed E-state index contributed by atoms with van der Waals surface area (Å²) in [6.07, 6.45) is 3.05. The highest BCUT2D eigenvalue weighted by molar-refractivity contribution is 9.10. The number of carbonyl (C=O) groups is 2. The lowest BCUT2D eigenvalue weighted by Crippen LogP contribution is -2.41. The summed E-state index contributed by atoms with van der Waals surface area (Å²) < 4.78 is 5.17. The van der Waals surface area contributed by atoms with Crippen molar-refractivity contribution in [1.29, 1.82) is 0 Å². The average Bonchev–Trinajstić information content (AvgIpc) is 3.19. The molecule has 0 N–H and O–H groups in total. The van der Waals surface area contributed by atoms with Gasteiger partial charge in [0, 0.05) is 34.1 Å². The van der Waals surface area contributed by atoms with Crippen molar-refractivity contribution < 1.29 is 9.59 Å². The Morgan fingerprint density at radius 2 is 1.66 bits per heavy atom. The summed E-state index contributed by atoms with van der Waals surface area (Å²) in [5.41, 5.74) is 2.09. The molecule has 4 aromatic rings. The highest BCUT2D eigenvalue weighted by Crippen LogP contribution is 2.34. The maximum Gasteiger partial charge on any atom is 0.261 e. The molecule has 0 spiro atoms. The van der Waals surface area contributed by atoms with Crippen LogP contribution in [0, 0.1) is 4.77 Å². The van der Waals surface area contributed by atoms with Crippen LogP contribution >= 0.6 is 51.3 Å². The molecule has 0 unspecified atom stereocenters. The van der Waals surface area contributed by atoms with Crippen molar-refractivity contribution >= 4 is 73.9 Å². The van der Waals surface area contributed by atoms with E-state index >= 15 is 0 Å². The summed E-state index contributed by atoms with van der Waals surface area (Å²) in [5, 5.41) is 2.58. The Morgan fingerprint density at radius 3 is 2.43 bits per heavy atom. The van der Waals surface area contributed by atoms with Crippen molar-refractivity contribution in [1.82, 2.24) is 19.2 Å². The van der Waals surface area contributed by atoms with E-state index in [1.807, 2.05) is 39.7 Å². The topological polar surface area (TPSA) is 60.1 Å². The number of halogens is 3. The normalized spacial score (nSPS) is 13.2. The van der Waals surface area contributed by atoms with E-state index in [0.717, 1.165) is 21.8 Å². The molecule has 2 heterocycles. The number of carbonyl (C=O) groups excluding carboxylic acids is 2. The molecule has 10 heteroatoms. The first-order valence-corrected chi connectivity index (χ1v) is 12.9. The molecule has 0 saturated carbocycles. The Labute approximate surface area is 225 Å². The van der Waals surface area contributed by atoms with E-state index in [2.05, 4.69) is 20.9 Å². The Balaban J connectivity index is 1.27. The van der Waals surface area contributed by atoms with Gasteiger partial charge in [0.05, 0.1) is 16.6 Å². The van der Waals surface area contributed by atoms with Gasteiger partial charge < -0.3 is 0 Å². The molecule has 6 nitrogen and oxygen atoms in total. The summed E-state index contributed by atoms with van der Waals surface area (Å²) in [6, 6.07) is 14.7. The average molecular weight is 590 g/mol. The summed E-state index contributed by atoms with van der Waals surface area (Å²) in [4.78, 5) is 31.9. The van der Waals surface area contributed by atoms with Crippen LogP contribution in [0.1, 0.15) is 39.1 Å². The third kappa shape index (κ3) is 4.56. The van der Waals surface area contributed by atoms with Gasteiger partial charge in [0.1, 0.15) is 6.33 Å². The van der Waals surface area contributed by atoms with Gasteiger partial charge in [0.15, 0.2) is 0 Å². The Morgan fingerprint density at radius 1 is 0.914 bits per heavy atom. The van der Waals surface area contributed by atoms with Crippen LogP contribution in [0.4, 0.5) is 0 Å². The minimum absolute atomic E-state index is 0.257. The minimum atomic E-state index is -0.257. The molecule has 178 valence electrons. The van der Waals surface area contributed by atoms with E-state index in [9.17, 15) is 9.59 Å². The zero-order valence-corrected chi connectivity index (χ0v) is 22.3. The fraction of sp³-hybridized carbons (Fsp3) is 0.200. The highest BCUT2D eigenvalue weighted by Gasteiger charge is 2.32. The molecule has 35 heavy (non-hydrogen) atoms. The van der Waals surface area contributed by atoms with Gasteiger partial charge in [-0.2, -0.15) is 0 Å². The lowest BCUT2D eigenvalue weighted by atomic mass is 9.94. The maximum absolute atomic E-state index is 13.1. The number of hydrogen-bond acceptors (Lipinski definition) is 4. The highest BCUT2D eigenvalue weighted by atomic mass is 79.9. The van der Waals surface area contributed by atoms with Gasteiger partial charge in [-0.05, 0) is 66.3 Å². The maximum atomic E-state index is 13.1. The van der Waals surface area contributed by atoms with E-state index in [0.29, 0.717) is 57.4 Å². The molecule has 5 rings (SSSR count). The molecular formula is C25H19BrCl2N4O2S.